The van der Waals surface area contributed by atoms with Gasteiger partial charge in [-0.25, -0.2) is 13.8 Å². The van der Waals surface area contributed by atoms with Crippen LogP contribution in [0, 0.1) is 6.92 Å². The van der Waals surface area contributed by atoms with Crippen LogP contribution in [0.25, 0.3) is 0 Å². The number of hydrogen-bond acceptors (Lipinski definition) is 5. The summed E-state index contributed by atoms with van der Waals surface area (Å²) in [5.74, 6) is 0.0274. The number of nitrogens with zero attached hydrogens (tertiary/aromatic N) is 2. The van der Waals surface area contributed by atoms with Gasteiger partial charge < -0.3 is 4.74 Å². The van der Waals surface area contributed by atoms with Crippen LogP contribution < -0.4 is 14.5 Å². The summed E-state index contributed by atoms with van der Waals surface area (Å²) in [6.45, 7) is 1.58. The minimum atomic E-state index is -4.06. The average Bonchev–Trinajstić information content (AvgIpc) is 2.94. The molecule has 0 atom stereocenters. The van der Waals surface area contributed by atoms with Crippen molar-refractivity contribution in [3.05, 3.63) is 124 Å². The summed E-state index contributed by atoms with van der Waals surface area (Å²) in [5, 5.41) is 4.97. The van der Waals surface area contributed by atoms with E-state index in [4.69, 9.17) is 27.9 Å². The van der Waals surface area contributed by atoms with E-state index in [1.54, 1.807) is 67.6 Å². The zero-order valence-corrected chi connectivity index (χ0v) is 23.2. The molecule has 0 bridgehead atoms. The van der Waals surface area contributed by atoms with Crippen molar-refractivity contribution in [3.63, 3.8) is 0 Å². The molecule has 1 amide bonds. The Balaban J connectivity index is 1.43. The number of aryl methyl sites for hydroxylation is 1. The maximum Gasteiger partial charge on any atom is 0.264 e. The Hall–Kier alpha value is -3.85. The Bertz CT molecular complexity index is 1580. The predicted octanol–water partition coefficient (Wildman–Crippen LogP) is 6.23. The molecule has 0 saturated carbocycles. The lowest BCUT2D eigenvalue weighted by atomic mass is 10.2. The van der Waals surface area contributed by atoms with Crippen LogP contribution in [-0.2, 0) is 21.4 Å². The summed E-state index contributed by atoms with van der Waals surface area (Å²) in [7, 11) is -4.06. The van der Waals surface area contributed by atoms with Crippen LogP contribution in [0.5, 0.6) is 5.75 Å². The van der Waals surface area contributed by atoms with Crippen molar-refractivity contribution in [2.75, 3.05) is 10.8 Å². The highest BCUT2D eigenvalue weighted by Crippen LogP contribution is 2.29. The first-order valence-electron chi connectivity index (χ1n) is 11.9. The number of halogens is 2. The van der Waals surface area contributed by atoms with Crippen LogP contribution in [-0.4, -0.2) is 27.1 Å². The Morgan fingerprint density at radius 2 is 1.64 bits per heavy atom. The van der Waals surface area contributed by atoms with E-state index < -0.39 is 22.5 Å². The van der Waals surface area contributed by atoms with Gasteiger partial charge in [0.1, 0.15) is 18.9 Å². The largest absolute Gasteiger partial charge is 0.489 e. The maximum absolute atomic E-state index is 13.5. The van der Waals surface area contributed by atoms with E-state index in [0.29, 0.717) is 39.2 Å². The van der Waals surface area contributed by atoms with Gasteiger partial charge in [-0.2, -0.15) is 5.10 Å². The van der Waals surface area contributed by atoms with Gasteiger partial charge in [0.25, 0.3) is 15.9 Å². The van der Waals surface area contributed by atoms with E-state index in [-0.39, 0.29) is 4.90 Å². The first-order chi connectivity index (χ1) is 18.7. The number of ether oxygens (including phenoxy) is 1. The molecule has 0 unspecified atom stereocenters. The van der Waals surface area contributed by atoms with Crippen LogP contribution in [0.1, 0.15) is 16.7 Å². The van der Waals surface area contributed by atoms with Crippen LogP contribution in [0.2, 0.25) is 10.0 Å². The molecule has 39 heavy (non-hydrogen) atoms. The number of nitrogens with one attached hydrogen (secondary N) is 1. The summed E-state index contributed by atoms with van der Waals surface area (Å²) in [4.78, 5) is 12.9. The molecule has 1 N–H and O–H groups in total. The Morgan fingerprint density at radius 1 is 0.949 bits per heavy atom. The van der Waals surface area contributed by atoms with Crippen LogP contribution in [0.15, 0.2) is 107 Å². The average molecular weight is 583 g/mol. The number of anilines is 1. The molecule has 0 aliphatic rings. The Labute approximate surface area is 237 Å². The fourth-order valence-electron chi connectivity index (χ4n) is 3.64. The molecule has 0 saturated heterocycles. The summed E-state index contributed by atoms with van der Waals surface area (Å²) in [6, 6.07) is 27.3. The predicted molar refractivity (Wildman–Crippen MR) is 155 cm³/mol. The molecule has 4 aromatic carbocycles. The molecule has 0 aliphatic heterocycles. The third-order valence-corrected chi connectivity index (χ3v) is 8.07. The van der Waals surface area contributed by atoms with E-state index in [0.717, 1.165) is 9.87 Å². The van der Waals surface area contributed by atoms with Crippen molar-refractivity contribution in [2.45, 2.75) is 18.4 Å². The number of benzene rings is 4. The highest BCUT2D eigenvalue weighted by Gasteiger charge is 2.28. The first kappa shape index (κ1) is 28.2. The van der Waals surface area contributed by atoms with E-state index in [1.807, 2.05) is 18.2 Å². The van der Waals surface area contributed by atoms with Gasteiger partial charge in [-0.1, -0.05) is 65.7 Å². The molecular formula is C29H25Cl2N3O4S. The molecule has 0 fully saturated rings. The topological polar surface area (TPSA) is 88.1 Å². The second kappa shape index (κ2) is 12.8. The van der Waals surface area contributed by atoms with Gasteiger partial charge in [0, 0.05) is 15.6 Å². The molecule has 0 aromatic heterocycles. The summed E-state index contributed by atoms with van der Waals surface area (Å²) >= 11 is 12.3. The zero-order chi connectivity index (χ0) is 27.8. The first-order valence-corrected chi connectivity index (χ1v) is 14.1. The summed E-state index contributed by atoms with van der Waals surface area (Å²) in [6.07, 6.45) is 1.45. The standard InChI is InChI=1S/C29H25Cl2N3O4S/c1-21-11-14-24(30)17-28(21)34(39(36,37)26-8-3-2-4-9-26)19-29(35)33-32-18-22-12-15-25(16-13-22)38-20-23-7-5-6-10-27(23)31/h2-18H,19-20H2,1H3,(H,33,35)/b32-18-. The molecule has 0 heterocycles. The fourth-order valence-corrected chi connectivity index (χ4v) is 5.50. The number of carbonyl (C=O) groups is 1. The second-order valence-electron chi connectivity index (χ2n) is 8.50. The summed E-state index contributed by atoms with van der Waals surface area (Å²) in [5.41, 5.74) is 4.94. The molecule has 4 aromatic rings. The number of hydrogen-bond donors (Lipinski definition) is 1. The zero-order valence-electron chi connectivity index (χ0n) is 20.9. The van der Waals surface area contributed by atoms with Crippen molar-refractivity contribution >= 4 is 51.0 Å². The van der Waals surface area contributed by atoms with Crippen molar-refractivity contribution in [3.8, 4) is 5.75 Å². The highest BCUT2D eigenvalue weighted by molar-refractivity contribution is 7.92. The SMILES string of the molecule is Cc1ccc(Cl)cc1N(CC(=O)N/N=C\c1ccc(OCc2ccccc2Cl)cc1)S(=O)(=O)c1ccccc1. The third-order valence-electron chi connectivity index (χ3n) is 5.69. The molecule has 0 spiro atoms. The minimum Gasteiger partial charge on any atom is -0.489 e. The molecular weight excluding hydrogens is 557 g/mol. The van der Waals surface area contributed by atoms with Gasteiger partial charge in [-0.05, 0) is 72.6 Å². The lowest BCUT2D eigenvalue weighted by Gasteiger charge is -2.25. The Kier molecular flexibility index (Phi) is 9.24. The molecule has 0 radical (unpaired) electrons. The quantitative estimate of drug-likeness (QED) is 0.178. The van der Waals surface area contributed by atoms with Gasteiger partial charge in [0.15, 0.2) is 0 Å². The van der Waals surface area contributed by atoms with E-state index in [9.17, 15) is 13.2 Å². The molecule has 4 rings (SSSR count). The Morgan fingerprint density at radius 3 is 2.36 bits per heavy atom. The smallest absolute Gasteiger partial charge is 0.264 e. The van der Waals surface area contributed by atoms with Crippen LogP contribution in [0.3, 0.4) is 0 Å². The van der Waals surface area contributed by atoms with Crippen molar-refractivity contribution in [2.24, 2.45) is 5.10 Å². The van der Waals surface area contributed by atoms with E-state index in [2.05, 4.69) is 10.5 Å². The molecule has 7 nitrogen and oxygen atoms in total. The van der Waals surface area contributed by atoms with Gasteiger partial charge in [0.05, 0.1) is 16.8 Å². The number of amides is 1. The minimum absolute atomic E-state index is 0.0533. The monoisotopic (exact) mass is 581 g/mol. The molecule has 200 valence electrons. The van der Waals surface area contributed by atoms with Crippen molar-refractivity contribution in [1.82, 2.24) is 5.43 Å². The van der Waals surface area contributed by atoms with Gasteiger partial charge in [-0.15, -0.1) is 0 Å². The number of sulfonamides is 1. The fraction of sp³-hybridized carbons (Fsp3) is 0.103. The van der Waals surface area contributed by atoms with Gasteiger partial charge >= 0.3 is 0 Å². The highest BCUT2D eigenvalue weighted by atomic mass is 35.5. The van der Waals surface area contributed by atoms with E-state index >= 15 is 0 Å². The van der Waals surface area contributed by atoms with Gasteiger partial charge in [-0.3, -0.25) is 9.10 Å². The van der Waals surface area contributed by atoms with Crippen molar-refractivity contribution in [1.29, 1.82) is 0 Å². The van der Waals surface area contributed by atoms with Crippen LogP contribution >= 0.6 is 23.2 Å². The maximum atomic E-state index is 13.5. The summed E-state index contributed by atoms with van der Waals surface area (Å²) < 4.78 is 33.7. The number of hydrazone groups is 1. The third kappa shape index (κ3) is 7.38. The van der Waals surface area contributed by atoms with Crippen molar-refractivity contribution < 1.29 is 17.9 Å². The normalized spacial score (nSPS) is 11.4. The van der Waals surface area contributed by atoms with Gasteiger partial charge in [0.2, 0.25) is 0 Å². The number of carbonyl (C=O) groups excluding carboxylic acids is 1. The van der Waals surface area contributed by atoms with E-state index in [1.165, 1.54) is 24.4 Å². The molecule has 10 heteroatoms. The number of rotatable bonds is 10. The second-order valence-corrected chi connectivity index (χ2v) is 11.2. The molecule has 0 aliphatic carbocycles. The lowest BCUT2D eigenvalue weighted by molar-refractivity contribution is -0.119. The van der Waals surface area contributed by atoms with Crippen LogP contribution in [0.4, 0.5) is 5.69 Å². The lowest BCUT2D eigenvalue weighted by Crippen LogP contribution is -2.40.